The van der Waals surface area contributed by atoms with Gasteiger partial charge < -0.3 is 4.84 Å². The van der Waals surface area contributed by atoms with E-state index in [1.54, 1.807) is 48.3 Å². The minimum Gasteiger partial charge on any atom is -0.394 e. The monoisotopic (exact) mass is 492 g/mol. The summed E-state index contributed by atoms with van der Waals surface area (Å²) in [6.07, 6.45) is 3.32. The maximum absolute atomic E-state index is 12.5. The van der Waals surface area contributed by atoms with Crippen LogP contribution in [0, 0.1) is 0 Å². The predicted molar refractivity (Wildman–Crippen MR) is 134 cm³/mol. The molecule has 5 aromatic rings. The fourth-order valence-corrected chi connectivity index (χ4v) is 4.20. The van der Waals surface area contributed by atoms with E-state index in [0.717, 1.165) is 21.4 Å². The molecule has 0 N–H and O–H groups in total. The van der Waals surface area contributed by atoms with Crippen LogP contribution in [0.15, 0.2) is 72.1 Å². The third kappa shape index (κ3) is 4.16. The fourth-order valence-electron chi connectivity index (χ4n) is 4.20. The SMILES string of the molecule is C/C(=N/OCCN1C(=O)c2ccccc2C1=O)c1cnc2nnn(Cc3ccc4ncccc4c3)c2n1. The highest BCUT2D eigenvalue weighted by molar-refractivity contribution is 6.21. The number of pyridine rings is 1. The van der Waals surface area contributed by atoms with Crippen LogP contribution in [-0.4, -0.2) is 65.5 Å². The Morgan fingerprint density at radius 2 is 1.81 bits per heavy atom. The van der Waals surface area contributed by atoms with Crippen LogP contribution in [0.25, 0.3) is 22.2 Å². The van der Waals surface area contributed by atoms with Crippen LogP contribution in [0.5, 0.6) is 0 Å². The number of benzene rings is 2. The zero-order valence-electron chi connectivity index (χ0n) is 19.8. The molecule has 11 heteroatoms. The number of rotatable bonds is 7. The van der Waals surface area contributed by atoms with E-state index in [1.165, 1.54) is 0 Å². The van der Waals surface area contributed by atoms with Crippen LogP contribution in [0.2, 0.25) is 0 Å². The van der Waals surface area contributed by atoms with Crippen molar-refractivity contribution in [3.8, 4) is 0 Å². The van der Waals surface area contributed by atoms with Gasteiger partial charge in [-0.15, -0.1) is 5.10 Å². The Labute approximate surface area is 210 Å². The summed E-state index contributed by atoms with van der Waals surface area (Å²) in [6.45, 7) is 2.34. The van der Waals surface area contributed by atoms with Gasteiger partial charge in [-0.2, -0.15) is 0 Å². The molecule has 1 aliphatic heterocycles. The molecule has 0 fully saturated rings. The van der Waals surface area contributed by atoms with Gasteiger partial charge in [-0.05, 0) is 42.8 Å². The molecule has 3 aromatic heterocycles. The maximum atomic E-state index is 12.5. The summed E-state index contributed by atoms with van der Waals surface area (Å²) < 4.78 is 1.68. The molecule has 2 amide bonds. The molecular formula is C26H20N8O3. The van der Waals surface area contributed by atoms with Crippen molar-refractivity contribution < 1.29 is 14.4 Å². The van der Waals surface area contributed by atoms with E-state index in [0.29, 0.717) is 40.4 Å². The Morgan fingerprint density at radius 3 is 2.62 bits per heavy atom. The molecule has 6 rings (SSSR count). The molecule has 11 nitrogen and oxygen atoms in total. The molecular weight excluding hydrogens is 472 g/mol. The molecule has 0 spiro atoms. The number of hydrogen-bond acceptors (Lipinski definition) is 9. The molecule has 0 atom stereocenters. The van der Waals surface area contributed by atoms with Crippen LogP contribution >= 0.6 is 0 Å². The van der Waals surface area contributed by atoms with Crippen molar-refractivity contribution >= 4 is 39.7 Å². The van der Waals surface area contributed by atoms with Crippen molar-refractivity contribution in [2.24, 2.45) is 5.16 Å². The van der Waals surface area contributed by atoms with E-state index in [2.05, 4.69) is 36.5 Å². The lowest BCUT2D eigenvalue weighted by atomic mass is 10.1. The number of imide groups is 1. The number of amides is 2. The summed E-state index contributed by atoms with van der Waals surface area (Å²) in [4.78, 5) is 44.8. The normalized spacial score (nSPS) is 13.5. The van der Waals surface area contributed by atoms with E-state index in [9.17, 15) is 9.59 Å². The van der Waals surface area contributed by atoms with E-state index < -0.39 is 0 Å². The summed E-state index contributed by atoms with van der Waals surface area (Å²) in [5, 5.41) is 13.5. The lowest BCUT2D eigenvalue weighted by Gasteiger charge is -2.12. The van der Waals surface area contributed by atoms with Gasteiger partial charge in [0.1, 0.15) is 18.0 Å². The summed E-state index contributed by atoms with van der Waals surface area (Å²) in [7, 11) is 0. The standard InChI is InChI=1S/C26H20N8O3/c1-16(31-37-12-11-33-25(35)19-6-2-3-7-20(19)26(33)36)22-14-28-23-24(29-22)34(32-30-23)15-17-8-9-21-18(13-17)5-4-10-27-21/h2-10,13-14H,11-12,15H2,1H3/b31-16-. The van der Waals surface area contributed by atoms with Gasteiger partial charge in [-0.25, -0.2) is 14.6 Å². The van der Waals surface area contributed by atoms with Crippen LogP contribution < -0.4 is 0 Å². The average Bonchev–Trinajstić information content (AvgIpc) is 3.44. The van der Waals surface area contributed by atoms with Crippen molar-refractivity contribution in [2.75, 3.05) is 13.2 Å². The van der Waals surface area contributed by atoms with Crippen LogP contribution in [0.4, 0.5) is 0 Å². The third-order valence-electron chi connectivity index (χ3n) is 6.08. The minimum absolute atomic E-state index is 0.0504. The van der Waals surface area contributed by atoms with E-state index >= 15 is 0 Å². The van der Waals surface area contributed by atoms with Gasteiger partial charge in [0.15, 0.2) is 5.65 Å². The summed E-state index contributed by atoms with van der Waals surface area (Å²) >= 11 is 0. The number of aromatic nitrogens is 6. The van der Waals surface area contributed by atoms with Gasteiger partial charge in [0.05, 0.1) is 35.9 Å². The number of oxime groups is 1. The highest BCUT2D eigenvalue weighted by atomic mass is 16.6. The van der Waals surface area contributed by atoms with E-state index in [-0.39, 0.29) is 25.0 Å². The Kier molecular flexibility index (Phi) is 5.56. The Morgan fingerprint density at radius 1 is 1.00 bits per heavy atom. The predicted octanol–water partition coefficient (Wildman–Crippen LogP) is 2.85. The molecule has 0 unspecified atom stereocenters. The van der Waals surface area contributed by atoms with Crippen LogP contribution in [0.1, 0.15) is 38.9 Å². The van der Waals surface area contributed by atoms with Crippen molar-refractivity contribution in [1.29, 1.82) is 0 Å². The highest BCUT2D eigenvalue weighted by Crippen LogP contribution is 2.22. The zero-order valence-corrected chi connectivity index (χ0v) is 19.8. The summed E-state index contributed by atoms with van der Waals surface area (Å²) in [6, 6.07) is 16.7. The number of fused-ring (bicyclic) bond motifs is 3. The van der Waals surface area contributed by atoms with Crippen molar-refractivity contribution in [3.63, 3.8) is 0 Å². The van der Waals surface area contributed by atoms with Crippen molar-refractivity contribution in [1.82, 2.24) is 34.8 Å². The zero-order chi connectivity index (χ0) is 25.4. The highest BCUT2D eigenvalue weighted by Gasteiger charge is 2.34. The molecule has 1 aliphatic rings. The Bertz CT molecular complexity index is 1680. The topological polar surface area (TPSA) is 128 Å². The van der Waals surface area contributed by atoms with Crippen molar-refractivity contribution in [2.45, 2.75) is 13.5 Å². The molecule has 4 heterocycles. The molecule has 0 radical (unpaired) electrons. The Hall–Kier alpha value is -5.06. The maximum Gasteiger partial charge on any atom is 0.261 e. The van der Waals surface area contributed by atoms with Gasteiger partial charge in [-0.3, -0.25) is 19.5 Å². The van der Waals surface area contributed by atoms with Gasteiger partial charge in [0, 0.05) is 11.6 Å². The first-order valence-corrected chi connectivity index (χ1v) is 11.6. The molecule has 0 saturated carbocycles. The second-order valence-electron chi connectivity index (χ2n) is 8.50. The fraction of sp³-hybridized carbons (Fsp3) is 0.154. The molecule has 37 heavy (non-hydrogen) atoms. The average molecular weight is 492 g/mol. The van der Waals surface area contributed by atoms with Gasteiger partial charge in [0.2, 0.25) is 5.65 Å². The minimum atomic E-state index is -0.329. The third-order valence-corrected chi connectivity index (χ3v) is 6.08. The second kappa shape index (κ2) is 9.19. The second-order valence-corrected chi connectivity index (χ2v) is 8.50. The number of carbonyl (C=O) groups excluding carboxylic acids is 2. The molecule has 2 aromatic carbocycles. The molecule has 0 aliphatic carbocycles. The number of nitrogens with zero attached hydrogens (tertiary/aromatic N) is 8. The lowest BCUT2D eigenvalue weighted by Crippen LogP contribution is -2.32. The van der Waals surface area contributed by atoms with E-state index in [4.69, 9.17) is 4.84 Å². The lowest BCUT2D eigenvalue weighted by molar-refractivity contribution is 0.0571. The largest absolute Gasteiger partial charge is 0.394 e. The van der Waals surface area contributed by atoms with Crippen LogP contribution in [0.3, 0.4) is 0 Å². The van der Waals surface area contributed by atoms with E-state index in [1.807, 2.05) is 24.3 Å². The first kappa shape index (κ1) is 22.4. The van der Waals surface area contributed by atoms with Gasteiger partial charge >= 0.3 is 0 Å². The quantitative estimate of drug-likeness (QED) is 0.147. The smallest absolute Gasteiger partial charge is 0.261 e. The van der Waals surface area contributed by atoms with Crippen molar-refractivity contribution in [3.05, 3.63) is 89.4 Å². The molecule has 182 valence electrons. The number of carbonyl (C=O) groups is 2. The number of hydrogen-bond donors (Lipinski definition) is 0. The van der Waals surface area contributed by atoms with Gasteiger partial charge in [-0.1, -0.05) is 34.6 Å². The Balaban J connectivity index is 1.14. The first-order chi connectivity index (χ1) is 18.1. The molecule has 0 bridgehead atoms. The molecule has 0 saturated heterocycles. The summed E-state index contributed by atoms with van der Waals surface area (Å²) in [5.41, 5.74) is 4.69. The van der Waals surface area contributed by atoms with Gasteiger partial charge in [0.25, 0.3) is 11.8 Å². The first-order valence-electron chi connectivity index (χ1n) is 11.6. The van der Waals surface area contributed by atoms with Crippen LogP contribution in [-0.2, 0) is 11.4 Å². The summed E-state index contributed by atoms with van der Waals surface area (Å²) in [5.74, 6) is -0.658.